The van der Waals surface area contributed by atoms with Gasteiger partial charge in [0.1, 0.15) is 0 Å². The Kier molecular flexibility index (Phi) is 3.48. The average molecular weight is 378 g/mol. The third kappa shape index (κ3) is 2.54. The van der Waals surface area contributed by atoms with Gasteiger partial charge in [-0.1, -0.05) is 11.6 Å². The largest absolute Gasteiger partial charge is 0.323 e. The first kappa shape index (κ1) is 15.9. The fraction of sp³-hybridized carbons (Fsp3) is 0.125. The highest BCUT2D eigenvalue weighted by Gasteiger charge is 2.32. The quantitative estimate of drug-likeness (QED) is 0.715. The van der Waals surface area contributed by atoms with Crippen LogP contribution in [0.2, 0.25) is 5.02 Å². The van der Waals surface area contributed by atoms with Crippen molar-refractivity contribution in [3.63, 3.8) is 0 Å². The van der Waals surface area contributed by atoms with Gasteiger partial charge in [-0.05, 0) is 36.4 Å². The number of nitrogens with zero attached hydrogens (tertiary/aromatic N) is 1. The molecule has 1 aliphatic rings. The Morgan fingerprint density at radius 1 is 1.00 bits per heavy atom. The zero-order chi connectivity index (χ0) is 17.8. The summed E-state index contributed by atoms with van der Waals surface area (Å²) in [4.78, 5) is 28.6. The molecule has 0 saturated heterocycles. The van der Waals surface area contributed by atoms with E-state index in [0.717, 1.165) is 0 Å². The molecule has 0 saturated carbocycles. The van der Waals surface area contributed by atoms with Crippen molar-refractivity contribution >= 4 is 44.1 Å². The number of anilines is 1. The molecule has 0 unspecified atom stereocenters. The topological polar surface area (TPSA) is 103 Å². The molecule has 0 bridgehead atoms. The Labute approximate surface area is 147 Å². The van der Waals surface area contributed by atoms with Gasteiger partial charge in [-0.25, -0.2) is 13.2 Å². The summed E-state index contributed by atoms with van der Waals surface area (Å²) < 4.78 is 27.3. The van der Waals surface area contributed by atoms with E-state index in [0.29, 0.717) is 27.3 Å². The first-order chi connectivity index (χ1) is 11.9. The van der Waals surface area contributed by atoms with E-state index in [1.165, 1.54) is 34.6 Å². The van der Waals surface area contributed by atoms with Crippen molar-refractivity contribution in [1.82, 2.24) is 9.97 Å². The zero-order valence-electron chi connectivity index (χ0n) is 12.7. The number of carbonyl (C=O) groups is 1. The average Bonchev–Trinajstić information content (AvgIpc) is 2.94. The third-order valence-corrected chi connectivity index (χ3v) is 6.19. The van der Waals surface area contributed by atoms with Crippen molar-refractivity contribution in [1.29, 1.82) is 0 Å². The van der Waals surface area contributed by atoms with Crippen LogP contribution in [0.1, 0.15) is 16.8 Å². The number of rotatable bonds is 2. The first-order valence-electron chi connectivity index (χ1n) is 7.44. The van der Waals surface area contributed by atoms with Crippen LogP contribution in [0, 0.1) is 0 Å². The molecule has 25 heavy (non-hydrogen) atoms. The highest BCUT2D eigenvalue weighted by atomic mass is 35.5. The highest BCUT2D eigenvalue weighted by Crippen LogP contribution is 2.34. The second kappa shape index (κ2) is 5.47. The molecule has 0 spiro atoms. The third-order valence-electron chi connectivity index (χ3n) is 4.15. The van der Waals surface area contributed by atoms with Crippen molar-refractivity contribution in [3.05, 3.63) is 57.5 Å². The fourth-order valence-electron chi connectivity index (χ4n) is 2.96. The van der Waals surface area contributed by atoms with Gasteiger partial charge in [-0.2, -0.15) is 0 Å². The Bertz CT molecular complexity index is 1180. The second-order valence-electron chi connectivity index (χ2n) is 5.70. The van der Waals surface area contributed by atoms with Gasteiger partial charge in [0.25, 0.3) is 10.0 Å². The van der Waals surface area contributed by atoms with E-state index in [9.17, 15) is 18.0 Å². The summed E-state index contributed by atoms with van der Waals surface area (Å²) in [7, 11) is -3.89. The van der Waals surface area contributed by atoms with Crippen LogP contribution in [0.15, 0.2) is 46.1 Å². The minimum Gasteiger partial charge on any atom is -0.306 e. The summed E-state index contributed by atoms with van der Waals surface area (Å²) in [6.07, 6.45) is 0.0792. The minimum absolute atomic E-state index is 0.0329. The number of sulfonamides is 1. The molecule has 4 rings (SSSR count). The lowest BCUT2D eigenvalue weighted by atomic mass is 10.0. The smallest absolute Gasteiger partial charge is 0.306 e. The lowest BCUT2D eigenvalue weighted by Crippen LogP contribution is -2.37. The highest BCUT2D eigenvalue weighted by molar-refractivity contribution is 7.92. The van der Waals surface area contributed by atoms with Crippen molar-refractivity contribution < 1.29 is 13.2 Å². The van der Waals surface area contributed by atoms with Crippen LogP contribution in [-0.4, -0.2) is 30.7 Å². The summed E-state index contributed by atoms with van der Waals surface area (Å²) in [5.74, 6) is -0.144. The molecule has 2 heterocycles. The van der Waals surface area contributed by atoms with E-state index in [1.54, 1.807) is 6.07 Å². The van der Waals surface area contributed by atoms with E-state index < -0.39 is 15.7 Å². The van der Waals surface area contributed by atoms with Gasteiger partial charge in [-0.3, -0.25) is 9.10 Å². The summed E-state index contributed by atoms with van der Waals surface area (Å²) in [5, 5.41) is 0.373. The molecule has 0 amide bonds. The predicted molar refractivity (Wildman–Crippen MR) is 93.9 cm³/mol. The number of carbonyl (C=O) groups excluding carboxylic acids is 1. The molecule has 0 atom stereocenters. The zero-order valence-corrected chi connectivity index (χ0v) is 14.3. The van der Waals surface area contributed by atoms with Crippen molar-refractivity contribution in [2.24, 2.45) is 0 Å². The molecular formula is C16H12ClN3O4S. The van der Waals surface area contributed by atoms with Gasteiger partial charge in [0.15, 0.2) is 5.78 Å². The lowest BCUT2D eigenvalue weighted by molar-refractivity contribution is 0.0982. The normalized spacial score (nSPS) is 14.8. The van der Waals surface area contributed by atoms with Gasteiger partial charge in [0.2, 0.25) is 0 Å². The number of benzene rings is 2. The minimum atomic E-state index is -3.89. The number of H-pyrrole nitrogens is 2. The number of imidazole rings is 1. The SMILES string of the molecule is O=C1CCN(S(=O)(=O)c2ccc3[nH]c(=O)[nH]c3c2)c2ccc(Cl)cc21. The number of fused-ring (bicyclic) bond motifs is 2. The van der Waals surface area contributed by atoms with Crippen LogP contribution in [0.5, 0.6) is 0 Å². The van der Waals surface area contributed by atoms with Crippen LogP contribution in [0.4, 0.5) is 5.69 Å². The van der Waals surface area contributed by atoms with E-state index in [2.05, 4.69) is 9.97 Å². The van der Waals surface area contributed by atoms with Crippen LogP contribution < -0.4 is 9.99 Å². The number of hydrogen-bond acceptors (Lipinski definition) is 4. The second-order valence-corrected chi connectivity index (χ2v) is 8.00. The van der Waals surface area contributed by atoms with Gasteiger partial charge >= 0.3 is 5.69 Å². The van der Waals surface area contributed by atoms with Crippen LogP contribution in [0.3, 0.4) is 0 Å². The Balaban J connectivity index is 1.86. The van der Waals surface area contributed by atoms with Gasteiger partial charge in [0.05, 0.1) is 21.6 Å². The molecule has 0 radical (unpaired) electrons. The number of Topliss-reactive ketones (excluding diaryl/α,β-unsaturated/α-hetero) is 1. The maximum absolute atomic E-state index is 13.1. The van der Waals surface area contributed by atoms with E-state index in [-0.39, 0.29) is 23.6 Å². The summed E-state index contributed by atoms with van der Waals surface area (Å²) in [5.41, 5.74) is 1.11. The van der Waals surface area contributed by atoms with Gasteiger partial charge in [-0.15, -0.1) is 0 Å². The predicted octanol–water partition coefficient (Wildman–Crippen LogP) is 2.29. The monoisotopic (exact) mass is 377 g/mol. The fourth-order valence-corrected chi connectivity index (χ4v) is 4.64. The van der Waals surface area contributed by atoms with Gasteiger partial charge < -0.3 is 9.97 Å². The Hall–Kier alpha value is -2.58. The van der Waals surface area contributed by atoms with Crippen molar-refractivity contribution in [2.45, 2.75) is 11.3 Å². The molecule has 2 aromatic carbocycles. The number of aromatic nitrogens is 2. The molecule has 0 aliphatic carbocycles. The Morgan fingerprint density at radius 2 is 1.76 bits per heavy atom. The van der Waals surface area contributed by atoms with Crippen molar-refractivity contribution in [2.75, 3.05) is 10.8 Å². The lowest BCUT2D eigenvalue weighted by Gasteiger charge is -2.29. The molecular weight excluding hydrogens is 366 g/mol. The number of aromatic amines is 2. The molecule has 1 aromatic heterocycles. The number of hydrogen-bond donors (Lipinski definition) is 2. The summed E-state index contributed by atoms with van der Waals surface area (Å²) in [6, 6.07) is 8.91. The van der Waals surface area contributed by atoms with Crippen LogP contribution >= 0.6 is 11.6 Å². The molecule has 2 N–H and O–H groups in total. The van der Waals surface area contributed by atoms with Crippen molar-refractivity contribution in [3.8, 4) is 0 Å². The first-order valence-corrected chi connectivity index (χ1v) is 9.25. The molecule has 3 aromatic rings. The Morgan fingerprint density at radius 3 is 2.56 bits per heavy atom. The molecule has 0 fully saturated rings. The van der Waals surface area contributed by atoms with Gasteiger partial charge in [0, 0.05) is 23.6 Å². The molecule has 1 aliphatic heterocycles. The summed E-state index contributed by atoms with van der Waals surface area (Å²) in [6.45, 7) is 0.0531. The number of nitrogens with one attached hydrogen (secondary N) is 2. The molecule has 128 valence electrons. The van der Waals surface area contributed by atoms with Crippen LogP contribution in [-0.2, 0) is 10.0 Å². The van der Waals surface area contributed by atoms with E-state index >= 15 is 0 Å². The van der Waals surface area contributed by atoms with E-state index in [1.807, 2.05) is 0 Å². The maximum atomic E-state index is 13.1. The maximum Gasteiger partial charge on any atom is 0.323 e. The van der Waals surface area contributed by atoms with E-state index in [4.69, 9.17) is 11.6 Å². The summed E-state index contributed by atoms with van der Waals surface area (Å²) >= 11 is 5.93. The number of ketones is 1. The standard InChI is InChI=1S/C16H12ClN3O4S/c17-9-1-4-14-11(7-9)15(21)5-6-20(14)25(23,24)10-2-3-12-13(8-10)19-16(22)18-12/h1-4,7-8H,5-6H2,(H2,18,19,22). The number of halogens is 1. The molecule has 7 nitrogen and oxygen atoms in total. The molecule has 9 heteroatoms. The van der Waals surface area contributed by atoms with Crippen LogP contribution in [0.25, 0.3) is 11.0 Å².